The Kier molecular flexibility index (Phi) is 4.62. The third-order valence-electron chi connectivity index (χ3n) is 5.71. The first-order chi connectivity index (χ1) is 12.2. The lowest BCUT2D eigenvalue weighted by Crippen LogP contribution is -2.28. The number of rotatable bonds is 5. The Labute approximate surface area is 149 Å². The summed E-state index contributed by atoms with van der Waals surface area (Å²) < 4.78 is 6.10. The van der Waals surface area contributed by atoms with Crippen molar-refractivity contribution in [3.63, 3.8) is 0 Å². The highest BCUT2D eigenvalue weighted by Gasteiger charge is 2.41. The van der Waals surface area contributed by atoms with Crippen LogP contribution < -0.4 is 4.74 Å². The molecule has 0 radical (unpaired) electrons. The highest BCUT2D eigenvalue weighted by atomic mass is 16.5. The molecular formula is C21H26N2O2. The molecule has 4 atom stereocenters. The van der Waals surface area contributed by atoms with Gasteiger partial charge in [-0.1, -0.05) is 19.1 Å². The second-order valence-electron chi connectivity index (χ2n) is 7.63. The van der Waals surface area contributed by atoms with Gasteiger partial charge in [0, 0.05) is 25.8 Å². The van der Waals surface area contributed by atoms with Crippen LogP contribution in [0.25, 0.3) is 0 Å². The first kappa shape index (κ1) is 16.4. The predicted octanol–water partition coefficient (Wildman–Crippen LogP) is 3.68. The number of aromatic hydroxyl groups is 1. The van der Waals surface area contributed by atoms with Crippen molar-refractivity contribution in [2.45, 2.75) is 31.8 Å². The Balaban J connectivity index is 1.28. The van der Waals surface area contributed by atoms with Crippen molar-refractivity contribution in [2.24, 2.45) is 11.8 Å². The van der Waals surface area contributed by atoms with Crippen LogP contribution in [0, 0.1) is 11.8 Å². The van der Waals surface area contributed by atoms with E-state index in [1.807, 2.05) is 24.3 Å². The minimum atomic E-state index is 0.339. The zero-order valence-electron chi connectivity index (χ0n) is 14.7. The Morgan fingerprint density at radius 1 is 1.16 bits per heavy atom. The molecule has 1 N–H and O–H groups in total. The van der Waals surface area contributed by atoms with Crippen LogP contribution in [0.4, 0.5) is 0 Å². The Bertz CT molecular complexity index is 675. The SMILES string of the molecule is CC(CN1CC2C[C@@H](Oc3cccnc3)C[C@H]2C1)c1ccc(O)cc1. The van der Waals surface area contributed by atoms with Gasteiger partial charge in [0.2, 0.25) is 0 Å². The summed E-state index contributed by atoms with van der Waals surface area (Å²) in [6.07, 6.45) is 6.24. The number of hydrogen-bond donors (Lipinski definition) is 1. The summed E-state index contributed by atoms with van der Waals surface area (Å²) in [7, 11) is 0. The van der Waals surface area contributed by atoms with E-state index in [0.717, 1.165) is 37.0 Å². The maximum atomic E-state index is 9.44. The van der Waals surface area contributed by atoms with Gasteiger partial charge in [0.15, 0.2) is 0 Å². The third kappa shape index (κ3) is 3.79. The molecule has 4 heteroatoms. The summed E-state index contributed by atoms with van der Waals surface area (Å²) in [6.45, 7) is 5.72. The molecule has 25 heavy (non-hydrogen) atoms. The van der Waals surface area contributed by atoms with E-state index in [0.29, 0.717) is 17.8 Å². The minimum Gasteiger partial charge on any atom is -0.508 e. The smallest absolute Gasteiger partial charge is 0.137 e. The van der Waals surface area contributed by atoms with Crippen molar-refractivity contribution in [1.29, 1.82) is 0 Å². The number of fused-ring (bicyclic) bond motifs is 1. The van der Waals surface area contributed by atoms with Crippen LogP contribution in [-0.4, -0.2) is 40.7 Å². The zero-order chi connectivity index (χ0) is 17.2. The molecule has 2 aliphatic rings. The van der Waals surface area contributed by atoms with Gasteiger partial charge in [0.1, 0.15) is 11.5 Å². The van der Waals surface area contributed by atoms with Gasteiger partial charge in [-0.25, -0.2) is 0 Å². The van der Waals surface area contributed by atoms with Crippen LogP contribution in [0.5, 0.6) is 11.5 Å². The van der Waals surface area contributed by atoms with E-state index >= 15 is 0 Å². The zero-order valence-corrected chi connectivity index (χ0v) is 14.7. The monoisotopic (exact) mass is 338 g/mol. The second-order valence-corrected chi connectivity index (χ2v) is 7.63. The van der Waals surface area contributed by atoms with E-state index in [4.69, 9.17) is 4.74 Å². The average molecular weight is 338 g/mol. The summed E-state index contributed by atoms with van der Waals surface area (Å²) in [6, 6.07) is 11.6. The van der Waals surface area contributed by atoms with Crippen LogP contribution in [0.15, 0.2) is 48.8 Å². The Morgan fingerprint density at radius 2 is 1.88 bits per heavy atom. The third-order valence-corrected chi connectivity index (χ3v) is 5.71. The first-order valence-electron chi connectivity index (χ1n) is 9.25. The van der Waals surface area contributed by atoms with Gasteiger partial charge in [-0.15, -0.1) is 0 Å². The van der Waals surface area contributed by atoms with Gasteiger partial charge in [-0.3, -0.25) is 4.98 Å². The molecular weight excluding hydrogens is 312 g/mol. The maximum absolute atomic E-state index is 9.44. The quantitative estimate of drug-likeness (QED) is 0.903. The lowest BCUT2D eigenvalue weighted by atomic mass is 10.0. The number of phenolic OH excluding ortho intramolecular Hbond substituents is 1. The molecule has 1 aromatic heterocycles. The van der Waals surface area contributed by atoms with Gasteiger partial charge >= 0.3 is 0 Å². The van der Waals surface area contributed by atoms with E-state index in [9.17, 15) is 5.11 Å². The molecule has 1 aromatic carbocycles. The lowest BCUT2D eigenvalue weighted by Gasteiger charge is -2.23. The van der Waals surface area contributed by atoms with Gasteiger partial charge in [0.25, 0.3) is 0 Å². The largest absolute Gasteiger partial charge is 0.508 e. The molecule has 0 spiro atoms. The summed E-state index contributed by atoms with van der Waals surface area (Å²) in [5.74, 6) is 3.24. The van der Waals surface area contributed by atoms with E-state index in [2.05, 4.69) is 16.8 Å². The highest BCUT2D eigenvalue weighted by Crippen LogP contribution is 2.40. The van der Waals surface area contributed by atoms with Gasteiger partial charge in [-0.05, 0) is 60.4 Å². The molecule has 1 aliphatic heterocycles. The Morgan fingerprint density at radius 3 is 2.52 bits per heavy atom. The minimum absolute atomic E-state index is 0.339. The number of benzene rings is 1. The van der Waals surface area contributed by atoms with Crippen molar-refractivity contribution >= 4 is 0 Å². The molecule has 132 valence electrons. The number of aromatic nitrogens is 1. The molecule has 2 aromatic rings. The normalized spacial score (nSPS) is 27.2. The fourth-order valence-electron chi connectivity index (χ4n) is 4.49. The highest BCUT2D eigenvalue weighted by molar-refractivity contribution is 5.28. The summed E-state index contributed by atoms with van der Waals surface area (Å²) in [5, 5.41) is 9.44. The van der Waals surface area contributed by atoms with Crippen LogP contribution in [0.3, 0.4) is 0 Å². The van der Waals surface area contributed by atoms with Gasteiger partial charge in [-0.2, -0.15) is 0 Å². The van der Waals surface area contributed by atoms with Crippen molar-refractivity contribution in [3.8, 4) is 11.5 Å². The number of phenols is 1. The van der Waals surface area contributed by atoms with Crippen molar-refractivity contribution in [2.75, 3.05) is 19.6 Å². The predicted molar refractivity (Wildman–Crippen MR) is 97.8 cm³/mol. The maximum Gasteiger partial charge on any atom is 0.137 e. The molecule has 4 nitrogen and oxygen atoms in total. The van der Waals surface area contributed by atoms with Crippen molar-refractivity contribution in [3.05, 3.63) is 54.4 Å². The molecule has 2 unspecified atom stereocenters. The van der Waals surface area contributed by atoms with E-state index in [1.54, 1.807) is 24.5 Å². The van der Waals surface area contributed by atoms with Crippen LogP contribution in [0.2, 0.25) is 0 Å². The number of likely N-dealkylation sites (tertiary alicyclic amines) is 1. The summed E-state index contributed by atoms with van der Waals surface area (Å²) >= 11 is 0. The first-order valence-corrected chi connectivity index (χ1v) is 9.25. The summed E-state index contributed by atoms with van der Waals surface area (Å²) in [5.41, 5.74) is 1.30. The molecule has 2 heterocycles. The average Bonchev–Trinajstić information content (AvgIpc) is 3.14. The second kappa shape index (κ2) is 7.04. The topological polar surface area (TPSA) is 45.6 Å². The van der Waals surface area contributed by atoms with Crippen molar-refractivity contribution < 1.29 is 9.84 Å². The molecule has 4 rings (SSSR count). The fourth-order valence-corrected chi connectivity index (χ4v) is 4.49. The van der Waals surface area contributed by atoms with Gasteiger partial charge in [0.05, 0.1) is 12.3 Å². The van der Waals surface area contributed by atoms with Crippen molar-refractivity contribution in [1.82, 2.24) is 9.88 Å². The van der Waals surface area contributed by atoms with Crippen LogP contribution in [0.1, 0.15) is 31.2 Å². The molecule has 1 saturated carbocycles. The van der Waals surface area contributed by atoms with Gasteiger partial charge < -0.3 is 14.7 Å². The lowest BCUT2D eigenvalue weighted by molar-refractivity contribution is 0.184. The standard InChI is InChI=1S/C21H26N2O2/c1-15(16-4-6-19(24)7-5-16)12-23-13-17-9-21(10-18(17)14-23)25-20-3-2-8-22-11-20/h2-8,11,15,17-18,21,24H,9-10,12-14H2,1H3/t15?,17-,18?,21-/m0/s1. The molecule has 1 aliphatic carbocycles. The molecule has 0 amide bonds. The van der Waals surface area contributed by atoms with Crippen LogP contribution in [-0.2, 0) is 0 Å². The number of hydrogen-bond acceptors (Lipinski definition) is 4. The van der Waals surface area contributed by atoms with E-state index < -0.39 is 0 Å². The molecule has 2 fully saturated rings. The van der Waals surface area contributed by atoms with Crippen LogP contribution >= 0.6 is 0 Å². The number of pyridine rings is 1. The summed E-state index contributed by atoms with van der Waals surface area (Å²) in [4.78, 5) is 6.73. The number of nitrogens with zero attached hydrogens (tertiary/aromatic N) is 2. The molecule has 0 bridgehead atoms. The van der Waals surface area contributed by atoms with E-state index in [1.165, 1.54) is 18.7 Å². The van der Waals surface area contributed by atoms with E-state index in [-0.39, 0.29) is 0 Å². The number of ether oxygens (including phenoxy) is 1. The fraction of sp³-hybridized carbons (Fsp3) is 0.476. The molecule has 1 saturated heterocycles. The Hall–Kier alpha value is -2.07.